The van der Waals surface area contributed by atoms with Gasteiger partial charge in [-0.3, -0.25) is 14.7 Å². The molecule has 1 N–H and O–H groups in total. The largest absolute Gasteiger partial charge is 0.508 e. The molecule has 2 aromatic carbocycles. The Morgan fingerprint density at radius 3 is 2.80 bits per heavy atom. The molecule has 0 unspecified atom stereocenters. The third kappa shape index (κ3) is 5.14. The van der Waals surface area contributed by atoms with E-state index < -0.39 is 23.3 Å². The number of nitrogens with zero attached hydrogens (tertiary/aromatic N) is 7. The van der Waals surface area contributed by atoms with E-state index in [9.17, 15) is 14.3 Å². The van der Waals surface area contributed by atoms with E-state index in [0.29, 0.717) is 66.4 Å². The van der Waals surface area contributed by atoms with Crippen LogP contribution in [0.25, 0.3) is 32.9 Å². The Balaban J connectivity index is 1.13. The number of pyridine rings is 1. The molecule has 4 fully saturated rings. The average Bonchev–Trinajstić information content (AvgIpc) is 3.86. The standard InChI is InChI=1S/C38H38F3N7O3/c1-3-25-30(40)6-5-21-11-24(49)13-27(31(21)25)33-32(41)34-28(15-42-33)35(44-37(43-34)51-19-38-8-4-9-47(38)17-23(39)14-38)46-16-22-12-26(29(22)18-46)36(50)48-10-7-20(2)45-48/h5-7,10-11,13,15,22-23,26,29,49H,3-4,8-9,12,14,16-19H2,1-2H3/t22-,23+,26+,29+,38-/m0/s1. The number of carbonyl (C=O) groups is 1. The van der Waals surface area contributed by atoms with Gasteiger partial charge in [0.05, 0.1) is 16.6 Å². The van der Waals surface area contributed by atoms with Gasteiger partial charge in [-0.1, -0.05) is 13.0 Å². The summed E-state index contributed by atoms with van der Waals surface area (Å²) >= 11 is 0. The Morgan fingerprint density at radius 1 is 1.14 bits per heavy atom. The van der Waals surface area contributed by atoms with Crippen LogP contribution < -0.4 is 9.64 Å². The van der Waals surface area contributed by atoms with E-state index in [1.165, 1.54) is 29.1 Å². The van der Waals surface area contributed by atoms with Gasteiger partial charge in [0.15, 0.2) is 5.82 Å². The zero-order valence-corrected chi connectivity index (χ0v) is 28.5. The van der Waals surface area contributed by atoms with Crippen molar-refractivity contribution >= 4 is 33.4 Å². The molecule has 0 spiro atoms. The summed E-state index contributed by atoms with van der Waals surface area (Å²) in [7, 11) is 0. The van der Waals surface area contributed by atoms with Gasteiger partial charge in [0.2, 0.25) is 5.91 Å². The van der Waals surface area contributed by atoms with Crippen LogP contribution in [0.1, 0.15) is 48.7 Å². The Labute approximate surface area is 292 Å². The van der Waals surface area contributed by atoms with Gasteiger partial charge in [-0.05, 0) is 91.6 Å². The van der Waals surface area contributed by atoms with Crippen molar-refractivity contribution < 1.29 is 27.8 Å². The first-order valence-corrected chi connectivity index (χ1v) is 17.8. The maximum absolute atomic E-state index is 17.0. The van der Waals surface area contributed by atoms with Crippen LogP contribution in [-0.2, 0) is 6.42 Å². The topological polar surface area (TPSA) is 110 Å². The van der Waals surface area contributed by atoms with Gasteiger partial charge in [0.25, 0.3) is 0 Å². The molecule has 10 nitrogen and oxygen atoms in total. The molecule has 13 heteroatoms. The molecule has 6 heterocycles. The van der Waals surface area contributed by atoms with Gasteiger partial charge in [-0.25, -0.2) is 17.9 Å². The molecular weight excluding hydrogens is 659 g/mol. The van der Waals surface area contributed by atoms with Crippen LogP contribution >= 0.6 is 0 Å². The summed E-state index contributed by atoms with van der Waals surface area (Å²) in [4.78, 5) is 31.5. The minimum atomic E-state index is -0.940. The summed E-state index contributed by atoms with van der Waals surface area (Å²) in [6.45, 7) is 6.12. The summed E-state index contributed by atoms with van der Waals surface area (Å²) in [5.41, 5.74) is 0.833. The molecule has 9 rings (SSSR count). The molecule has 4 aliphatic rings. The minimum Gasteiger partial charge on any atom is -0.508 e. The van der Waals surface area contributed by atoms with Gasteiger partial charge in [0, 0.05) is 49.9 Å². The van der Waals surface area contributed by atoms with Crippen molar-refractivity contribution in [2.24, 2.45) is 17.8 Å². The summed E-state index contributed by atoms with van der Waals surface area (Å²) in [6.07, 6.45) is 5.42. The number of aryl methyl sites for hydroxylation is 2. The lowest BCUT2D eigenvalue weighted by atomic mass is 9.66. The summed E-state index contributed by atoms with van der Waals surface area (Å²) in [5.74, 6) is -0.762. The van der Waals surface area contributed by atoms with Crippen molar-refractivity contribution in [2.75, 3.05) is 37.7 Å². The number of fused-ring (bicyclic) bond motifs is 4. The van der Waals surface area contributed by atoms with Crippen molar-refractivity contribution in [3.8, 4) is 23.0 Å². The van der Waals surface area contributed by atoms with Crippen molar-refractivity contribution in [3.63, 3.8) is 0 Å². The number of anilines is 1. The van der Waals surface area contributed by atoms with Crippen LogP contribution in [0.15, 0.2) is 42.7 Å². The third-order valence-corrected chi connectivity index (χ3v) is 11.8. The van der Waals surface area contributed by atoms with Crippen molar-refractivity contribution in [1.82, 2.24) is 29.6 Å². The number of hydrogen-bond donors (Lipinski definition) is 1. The number of benzene rings is 2. The number of aromatic nitrogens is 5. The first-order chi connectivity index (χ1) is 24.6. The highest BCUT2D eigenvalue weighted by atomic mass is 19.1. The highest BCUT2D eigenvalue weighted by molar-refractivity contribution is 6.01. The summed E-state index contributed by atoms with van der Waals surface area (Å²) in [5, 5.41) is 16.4. The fourth-order valence-corrected chi connectivity index (χ4v) is 9.27. The monoisotopic (exact) mass is 697 g/mol. The first-order valence-electron chi connectivity index (χ1n) is 17.8. The molecule has 0 amide bonds. The predicted octanol–water partition coefficient (Wildman–Crippen LogP) is 6.26. The minimum absolute atomic E-state index is 0.0274. The quantitative estimate of drug-likeness (QED) is 0.211. The fraction of sp³-hybridized carbons (Fsp3) is 0.447. The Kier molecular flexibility index (Phi) is 7.50. The van der Waals surface area contributed by atoms with Crippen molar-refractivity contribution in [3.05, 3.63) is 65.6 Å². The van der Waals surface area contributed by atoms with E-state index in [-0.39, 0.29) is 58.8 Å². The van der Waals surface area contributed by atoms with Gasteiger partial charge < -0.3 is 14.7 Å². The van der Waals surface area contributed by atoms with E-state index in [1.54, 1.807) is 12.3 Å². The van der Waals surface area contributed by atoms with Crippen molar-refractivity contribution in [1.29, 1.82) is 0 Å². The second kappa shape index (κ2) is 11.9. The molecule has 264 valence electrons. The molecule has 3 aliphatic heterocycles. The van der Waals surface area contributed by atoms with Crippen molar-refractivity contribution in [2.45, 2.75) is 57.7 Å². The number of rotatable bonds is 7. The Hall–Kier alpha value is -4.78. The summed E-state index contributed by atoms with van der Waals surface area (Å²) in [6, 6.07) is 7.60. The Morgan fingerprint density at radius 2 is 2.00 bits per heavy atom. The molecule has 0 bridgehead atoms. The smallest absolute Gasteiger partial charge is 0.319 e. The number of aromatic hydroxyl groups is 1. The number of halogens is 3. The number of carbonyl (C=O) groups excluding carboxylic acids is 1. The van der Waals surface area contributed by atoms with Gasteiger partial charge in [-0.15, -0.1) is 0 Å². The second-order valence-electron chi connectivity index (χ2n) is 14.8. The van der Waals surface area contributed by atoms with Crippen LogP contribution in [0.2, 0.25) is 0 Å². The van der Waals surface area contributed by atoms with Crippen LogP contribution in [0.5, 0.6) is 11.8 Å². The number of phenols is 1. The Bertz CT molecular complexity index is 2230. The maximum atomic E-state index is 17.0. The number of hydrogen-bond acceptors (Lipinski definition) is 9. The molecule has 3 saturated heterocycles. The zero-order chi connectivity index (χ0) is 35.2. The molecule has 51 heavy (non-hydrogen) atoms. The van der Waals surface area contributed by atoms with Gasteiger partial charge >= 0.3 is 6.01 Å². The van der Waals surface area contributed by atoms with E-state index in [0.717, 1.165) is 25.1 Å². The number of ether oxygens (including phenoxy) is 1. The number of phenolic OH excluding ortho intramolecular Hbond substituents is 1. The highest BCUT2D eigenvalue weighted by Crippen LogP contribution is 2.49. The average molecular weight is 698 g/mol. The van der Waals surface area contributed by atoms with Gasteiger partial charge in [0.1, 0.15) is 41.4 Å². The maximum Gasteiger partial charge on any atom is 0.319 e. The van der Waals surface area contributed by atoms with Crippen LogP contribution in [-0.4, -0.2) is 85.1 Å². The molecule has 0 radical (unpaired) electrons. The van der Waals surface area contributed by atoms with Gasteiger partial charge in [-0.2, -0.15) is 15.1 Å². The lowest BCUT2D eigenvalue weighted by molar-refractivity contribution is 0.0532. The van der Waals surface area contributed by atoms with Crippen LogP contribution in [0, 0.1) is 36.3 Å². The first kappa shape index (κ1) is 32.1. The predicted molar refractivity (Wildman–Crippen MR) is 185 cm³/mol. The van der Waals surface area contributed by atoms with E-state index >= 15 is 8.78 Å². The number of alkyl halides is 1. The van der Waals surface area contributed by atoms with E-state index in [1.807, 2.05) is 19.9 Å². The highest BCUT2D eigenvalue weighted by Gasteiger charge is 2.52. The second-order valence-corrected chi connectivity index (χ2v) is 14.8. The van der Waals surface area contributed by atoms with E-state index in [4.69, 9.17) is 9.72 Å². The van der Waals surface area contributed by atoms with Crippen LogP contribution in [0.3, 0.4) is 0 Å². The molecule has 1 aliphatic carbocycles. The SMILES string of the molecule is CCc1c(F)ccc2cc(O)cc(-c3ncc4c(N5C[C@@H]6C[C@@H](C(=O)n7ccc(C)n7)[C@@H]6C5)nc(OC[C@@]56CCCN5C[C@H](F)C6)nc4c3F)c12. The zero-order valence-electron chi connectivity index (χ0n) is 28.5. The fourth-order valence-electron chi connectivity index (χ4n) is 9.27. The lowest BCUT2D eigenvalue weighted by Gasteiger charge is -2.37. The van der Waals surface area contributed by atoms with Crippen LogP contribution in [0.4, 0.5) is 19.0 Å². The third-order valence-electron chi connectivity index (χ3n) is 11.8. The lowest BCUT2D eigenvalue weighted by Crippen LogP contribution is -2.43. The molecule has 3 aromatic heterocycles. The molecule has 5 atom stereocenters. The molecular formula is C38H38F3N7O3. The summed E-state index contributed by atoms with van der Waals surface area (Å²) < 4.78 is 54.3. The normalized spacial score (nSPS) is 25.8. The molecule has 5 aromatic rings. The van der Waals surface area contributed by atoms with E-state index in [2.05, 4.69) is 24.9 Å². The molecule has 1 saturated carbocycles.